The summed E-state index contributed by atoms with van der Waals surface area (Å²) < 4.78 is 0. The van der Waals surface area contributed by atoms with E-state index in [9.17, 15) is 10.2 Å². The summed E-state index contributed by atoms with van der Waals surface area (Å²) in [5, 5.41) is 22.4. The number of likely N-dealkylation sites (N-methyl/N-ethyl adjacent to an activating group) is 2. The van der Waals surface area contributed by atoms with Gasteiger partial charge in [-0.2, -0.15) is 0 Å². The Morgan fingerprint density at radius 3 is 1.03 bits per heavy atom. The lowest BCUT2D eigenvalue weighted by molar-refractivity contribution is 0.243. The Kier molecular flexibility index (Phi) is 9.50. The van der Waals surface area contributed by atoms with Crippen LogP contribution in [0.25, 0.3) is 0 Å². The van der Waals surface area contributed by atoms with Gasteiger partial charge in [0.2, 0.25) is 0 Å². The van der Waals surface area contributed by atoms with Crippen LogP contribution >= 0.6 is 0 Å². The van der Waals surface area contributed by atoms with Crippen LogP contribution in [0.2, 0.25) is 0 Å². The molecule has 0 radical (unpaired) electrons. The molecule has 0 spiro atoms. The standard InChI is InChI=1S/C34H56N2O2/c1-31(2,3)25-17-23(29(37)27(19-25)33(7,8)9)21-35(13)15-16-36(14)22-24-18-26(32(4,5)6)20-28(30(24)38)34(10,11)12/h17-20,37-38H,15-16,21-22H2,1-14H3. The zero-order chi connectivity index (χ0) is 29.4. The van der Waals surface area contributed by atoms with Gasteiger partial charge < -0.3 is 20.0 Å². The quantitative estimate of drug-likeness (QED) is 0.387. The van der Waals surface area contributed by atoms with Crippen molar-refractivity contribution in [3.63, 3.8) is 0 Å². The highest BCUT2D eigenvalue weighted by atomic mass is 16.3. The van der Waals surface area contributed by atoms with Crippen molar-refractivity contribution in [2.75, 3.05) is 27.2 Å². The summed E-state index contributed by atoms with van der Waals surface area (Å²) in [6, 6.07) is 8.71. The second-order valence-corrected chi connectivity index (χ2v) is 15.5. The van der Waals surface area contributed by atoms with Gasteiger partial charge in [-0.15, -0.1) is 0 Å². The Bertz CT molecular complexity index is 1020. The molecule has 0 fully saturated rings. The van der Waals surface area contributed by atoms with Gasteiger partial charge in [-0.25, -0.2) is 0 Å². The predicted molar refractivity (Wildman–Crippen MR) is 164 cm³/mol. The summed E-state index contributed by atoms with van der Waals surface area (Å²) in [5.74, 6) is 0.841. The van der Waals surface area contributed by atoms with E-state index in [0.29, 0.717) is 24.6 Å². The number of benzene rings is 2. The normalized spacial score (nSPS) is 13.6. The lowest BCUT2D eigenvalue weighted by Crippen LogP contribution is -2.31. The number of nitrogens with zero attached hydrogens (tertiary/aromatic N) is 2. The Morgan fingerprint density at radius 1 is 0.500 bits per heavy atom. The van der Waals surface area contributed by atoms with Crippen molar-refractivity contribution >= 4 is 0 Å². The van der Waals surface area contributed by atoms with E-state index in [4.69, 9.17) is 0 Å². The van der Waals surface area contributed by atoms with E-state index in [1.165, 1.54) is 11.1 Å². The molecule has 0 atom stereocenters. The SMILES string of the molecule is CN(CCN(C)Cc1cc(C(C)(C)C)cc(C(C)(C)C)c1O)Cc1cc(C(C)(C)C)cc(C(C)(C)C)c1O. The van der Waals surface area contributed by atoms with Crippen LogP contribution in [0.3, 0.4) is 0 Å². The molecular formula is C34H56N2O2. The van der Waals surface area contributed by atoms with Crippen molar-refractivity contribution in [3.8, 4) is 11.5 Å². The highest BCUT2D eigenvalue weighted by Gasteiger charge is 2.27. The fraction of sp³-hybridized carbons (Fsp3) is 0.647. The monoisotopic (exact) mass is 524 g/mol. The van der Waals surface area contributed by atoms with E-state index in [0.717, 1.165) is 35.3 Å². The Morgan fingerprint density at radius 2 is 0.789 bits per heavy atom. The van der Waals surface area contributed by atoms with Crippen LogP contribution in [0.1, 0.15) is 116 Å². The molecule has 0 aliphatic rings. The minimum atomic E-state index is -0.131. The van der Waals surface area contributed by atoms with E-state index in [1.807, 2.05) is 0 Å². The number of aromatic hydroxyl groups is 2. The Labute approximate surface area is 234 Å². The van der Waals surface area contributed by atoms with Gasteiger partial charge in [0.05, 0.1) is 0 Å². The molecule has 0 saturated heterocycles. The molecule has 4 heteroatoms. The first kappa shape index (κ1) is 32.2. The molecule has 0 aliphatic heterocycles. The third-order valence-electron chi connectivity index (χ3n) is 7.47. The molecule has 2 rings (SSSR count). The summed E-state index contributed by atoms with van der Waals surface area (Å²) in [7, 11) is 4.23. The van der Waals surface area contributed by atoms with Gasteiger partial charge in [-0.3, -0.25) is 0 Å². The molecule has 0 aliphatic carbocycles. The van der Waals surface area contributed by atoms with Gasteiger partial charge in [-0.05, 0) is 58.0 Å². The van der Waals surface area contributed by atoms with E-state index in [-0.39, 0.29) is 21.7 Å². The van der Waals surface area contributed by atoms with Crippen LogP contribution in [0, 0.1) is 0 Å². The molecule has 2 aromatic rings. The smallest absolute Gasteiger partial charge is 0.123 e. The zero-order valence-corrected chi connectivity index (χ0v) is 26.9. The van der Waals surface area contributed by atoms with E-state index < -0.39 is 0 Å². The molecule has 0 amide bonds. The largest absolute Gasteiger partial charge is 0.507 e. The lowest BCUT2D eigenvalue weighted by atomic mass is 9.79. The number of rotatable bonds is 7. The molecule has 2 N–H and O–H groups in total. The lowest BCUT2D eigenvalue weighted by Gasteiger charge is -2.30. The Balaban J connectivity index is 2.22. The van der Waals surface area contributed by atoms with Crippen LogP contribution in [0.15, 0.2) is 24.3 Å². The van der Waals surface area contributed by atoms with Gasteiger partial charge in [0.1, 0.15) is 11.5 Å². The molecule has 4 nitrogen and oxygen atoms in total. The first-order valence-electron chi connectivity index (χ1n) is 14.1. The van der Waals surface area contributed by atoms with Gasteiger partial charge in [-0.1, -0.05) is 107 Å². The second kappa shape index (κ2) is 11.2. The predicted octanol–water partition coefficient (Wildman–Crippen LogP) is 7.85. The van der Waals surface area contributed by atoms with E-state index in [2.05, 4.69) is 131 Å². The second-order valence-electron chi connectivity index (χ2n) is 15.5. The molecule has 38 heavy (non-hydrogen) atoms. The van der Waals surface area contributed by atoms with E-state index in [1.54, 1.807) is 0 Å². The third-order valence-corrected chi connectivity index (χ3v) is 7.47. The van der Waals surface area contributed by atoms with Gasteiger partial charge >= 0.3 is 0 Å². The molecule has 214 valence electrons. The van der Waals surface area contributed by atoms with Crippen molar-refractivity contribution in [3.05, 3.63) is 57.6 Å². The zero-order valence-electron chi connectivity index (χ0n) is 26.9. The molecular weight excluding hydrogens is 468 g/mol. The number of hydrogen-bond acceptors (Lipinski definition) is 4. The summed E-state index contributed by atoms with van der Waals surface area (Å²) in [6.07, 6.45) is 0. The third kappa shape index (κ3) is 8.23. The molecule has 0 aromatic heterocycles. The maximum atomic E-state index is 11.2. The number of phenolic OH excluding ortho intramolecular Hbond substituents is 2. The number of hydrogen-bond donors (Lipinski definition) is 2. The van der Waals surface area contributed by atoms with Gasteiger partial charge in [0.15, 0.2) is 0 Å². The summed E-state index contributed by atoms with van der Waals surface area (Å²) in [6.45, 7) is 29.4. The summed E-state index contributed by atoms with van der Waals surface area (Å²) in [4.78, 5) is 4.55. The van der Waals surface area contributed by atoms with Crippen LogP contribution < -0.4 is 0 Å². The Hall–Kier alpha value is -2.04. The summed E-state index contributed by atoms with van der Waals surface area (Å²) in [5.41, 5.74) is 6.25. The van der Waals surface area contributed by atoms with Gasteiger partial charge in [0, 0.05) is 37.3 Å². The van der Waals surface area contributed by atoms with Crippen molar-refractivity contribution in [2.24, 2.45) is 0 Å². The van der Waals surface area contributed by atoms with Crippen LogP contribution in [0.5, 0.6) is 11.5 Å². The van der Waals surface area contributed by atoms with Crippen molar-refractivity contribution in [1.29, 1.82) is 0 Å². The molecule has 0 heterocycles. The average molecular weight is 525 g/mol. The van der Waals surface area contributed by atoms with Crippen LogP contribution in [-0.4, -0.2) is 47.2 Å². The first-order chi connectivity index (χ1) is 17.0. The minimum absolute atomic E-state index is 0.0107. The molecule has 0 bridgehead atoms. The van der Waals surface area contributed by atoms with Crippen molar-refractivity contribution < 1.29 is 10.2 Å². The van der Waals surface area contributed by atoms with Crippen LogP contribution in [0.4, 0.5) is 0 Å². The fourth-order valence-corrected chi connectivity index (χ4v) is 4.72. The molecule has 0 saturated carbocycles. The van der Waals surface area contributed by atoms with Crippen molar-refractivity contribution in [1.82, 2.24) is 9.80 Å². The highest BCUT2D eigenvalue weighted by molar-refractivity contribution is 5.49. The number of phenols is 2. The van der Waals surface area contributed by atoms with Gasteiger partial charge in [0.25, 0.3) is 0 Å². The average Bonchev–Trinajstić information content (AvgIpc) is 2.71. The highest BCUT2D eigenvalue weighted by Crippen LogP contribution is 2.39. The summed E-state index contributed by atoms with van der Waals surface area (Å²) >= 11 is 0. The topological polar surface area (TPSA) is 46.9 Å². The fourth-order valence-electron chi connectivity index (χ4n) is 4.72. The molecule has 2 aromatic carbocycles. The maximum absolute atomic E-state index is 11.2. The molecule has 0 unspecified atom stereocenters. The minimum Gasteiger partial charge on any atom is -0.507 e. The van der Waals surface area contributed by atoms with Crippen molar-refractivity contribution in [2.45, 2.75) is 118 Å². The maximum Gasteiger partial charge on any atom is 0.123 e. The van der Waals surface area contributed by atoms with Crippen LogP contribution in [-0.2, 0) is 34.7 Å². The van der Waals surface area contributed by atoms with E-state index >= 15 is 0 Å². The first-order valence-corrected chi connectivity index (χ1v) is 14.1.